The number of methoxy groups -OCH3 is 1. The minimum atomic E-state index is -0.593. The Labute approximate surface area is 118 Å². The zero-order chi connectivity index (χ0) is 14.7. The summed E-state index contributed by atoms with van der Waals surface area (Å²) in [6, 6.07) is 7.38. The number of nitrogens with zero attached hydrogens (tertiary/aromatic N) is 2. The summed E-state index contributed by atoms with van der Waals surface area (Å²) in [5, 5.41) is 14.1. The van der Waals surface area contributed by atoms with Crippen LogP contribution in [0.4, 0.5) is 0 Å². The summed E-state index contributed by atoms with van der Waals surface area (Å²) >= 11 is 0. The molecule has 0 amide bonds. The minimum absolute atomic E-state index is 0.393. The number of aromatic nitrogens is 2. The van der Waals surface area contributed by atoms with Crippen LogP contribution in [0, 0.1) is 6.92 Å². The molecule has 0 bridgehead atoms. The Balaban J connectivity index is 2.21. The molecular weight excluding hydrogens is 256 g/mol. The SMILES string of the molecule is COc1ccc([C@@H](C)O)c(OCc2cc(C)nn2C)c1. The van der Waals surface area contributed by atoms with Crippen molar-refractivity contribution in [2.75, 3.05) is 7.11 Å². The largest absolute Gasteiger partial charge is 0.497 e. The Morgan fingerprint density at radius 3 is 2.65 bits per heavy atom. The lowest BCUT2D eigenvalue weighted by molar-refractivity contribution is 0.189. The highest BCUT2D eigenvalue weighted by molar-refractivity contribution is 5.41. The van der Waals surface area contributed by atoms with Gasteiger partial charge in [0.1, 0.15) is 18.1 Å². The summed E-state index contributed by atoms with van der Waals surface area (Å²) in [5.41, 5.74) is 2.67. The quantitative estimate of drug-likeness (QED) is 0.911. The van der Waals surface area contributed by atoms with Crippen molar-refractivity contribution in [2.45, 2.75) is 26.6 Å². The zero-order valence-electron chi connectivity index (χ0n) is 12.3. The van der Waals surface area contributed by atoms with Gasteiger partial charge >= 0.3 is 0 Å². The van der Waals surface area contributed by atoms with Gasteiger partial charge in [-0.25, -0.2) is 0 Å². The second-order valence-corrected chi connectivity index (χ2v) is 4.77. The third-order valence-corrected chi connectivity index (χ3v) is 3.15. The molecule has 2 rings (SSSR count). The summed E-state index contributed by atoms with van der Waals surface area (Å²) < 4.78 is 12.8. The molecule has 0 saturated heterocycles. The van der Waals surface area contributed by atoms with E-state index in [1.165, 1.54) is 0 Å². The number of hydrogen-bond acceptors (Lipinski definition) is 4. The number of aliphatic hydroxyl groups excluding tert-OH is 1. The van der Waals surface area contributed by atoms with E-state index in [9.17, 15) is 5.11 Å². The van der Waals surface area contributed by atoms with Crippen molar-refractivity contribution >= 4 is 0 Å². The van der Waals surface area contributed by atoms with E-state index in [2.05, 4.69) is 5.10 Å². The van der Waals surface area contributed by atoms with Crippen LogP contribution in [-0.2, 0) is 13.7 Å². The van der Waals surface area contributed by atoms with Crippen LogP contribution in [-0.4, -0.2) is 22.0 Å². The topological polar surface area (TPSA) is 56.5 Å². The van der Waals surface area contributed by atoms with Gasteiger partial charge < -0.3 is 14.6 Å². The summed E-state index contributed by atoms with van der Waals surface area (Å²) in [4.78, 5) is 0. The van der Waals surface area contributed by atoms with Gasteiger partial charge in [0.15, 0.2) is 0 Å². The third kappa shape index (κ3) is 3.11. The van der Waals surface area contributed by atoms with E-state index in [1.807, 2.05) is 32.2 Å². The predicted octanol–water partition coefficient (Wildman–Crippen LogP) is 2.37. The lowest BCUT2D eigenvalue weighted by Crippen LogP contribution is -2.05. The van der Waals surface area contributed by atoms with Crippen molar-refractivity contribution in [3.05, 3.63) is 41.2 Å². The highest BCUT2D eigenvalue weighted by Crippen LogP contribution is 2.30. The van der Waals surface area contributed by atoms with Crippen LogP contribution >= 0.6 is 0 Å². The summed E-state index contributed by atoms with van der Waals surface area (Å²) in [5.74, 6) is 1.32. The van der Waals surface area contributed by atoms with E-state index >= 15 is 0 Å². The molecule has 0 spiro atoms. The molecule has 0 saturated carbocycles. The van der Waals surface area contributed by atoms with Crippen molar-refractivity contribution in [1.82, 2.24) is 9.78 Å². The number of hydrogen-bond donors (Lipinski definition) is 1. The zero-order valence-corrected chi connectivity index (χ0v) is 12.3. The van der Waals surface area contributed by atoms with E-state index in [-0.39, 0.29) is 0 Å². The van der Waals surface area contributed by atoms with Crippen molar-refractivity contribution in [2.24, 2.45) is 7.05 Å². The van der Waals surface area contributed by atoms with Crippen LogP contribution in [0.25, 0.3) is 0 Å². The van der Waals surface area contributed by atoms with Crippen LogP contribution in [0.3, 0.4) is 0 Å². The fourth-order valence-electron chi connectivity index (χ4n) is 2.06. The molecular formula is C15H20N2O3. The smallest absolute Gasteiger partial charge is 0.130 e. The Hall–Kier alpha value is -2.01. The average molecular weight is 276 g/mol. The fourth-order valence-corrected chi connectivity index (χ4v) is 2.06. The molecule has 1 aromatic heterocycles. The molecule has 108 valence electrons. The minimum Gasteiger partial charge on any atom is -0.497 e. The second-order valence-electron chi connectivity index (χ2n) is 4.77. The summed E-state index contributed by atoms with van der Waals surface area (Å²) in [6.07, 6.45) is -0.593. The van der Waals surface area contributed by atoms with Crippen molar-refractivity contribution < 1.29 is 14.6 Å². The van der Waals surface area contributed by atoms with Gasteiger partial charge in [0.2, 0.25) is 0 Å². The number of benzene rings is 1. The number of aliphatic hydroxyl groups is 1. The molecule has 0 unspecified atom stereocenters. The number of rotatable bonds is 5. The molecule has 1 atom stereocenters. The molecule has 0 fully saturated rings. The first-order valence-corrected chi connectivity index (χ1v) is 6.49. The molecule has 20 heavy (non-hydrogen) atoms. The highest BCUT2D eigenvalue weighted by Gasteiger charge is 2.12. The van der Waals surface area contributed by atoms with Crippen molar-refractivity contribution in [1.29, 1.82) is 0 Å². The Bertz CT molecular complexity index is 591. The number of aryl methyl sites for hydroxylation is 2. The van der Waals surface area contributed by atoms with Crippen LogP contribution in [0.5, 0.6) is 11.5 Å². The summed E-state index contributed by atoms with van der Waals surface area (Å²) in [6.45, 7) is 4.05. The predicted molar refractivity (Wildman–Crippen MR) is 75.9 cm³/mol. The van der Waals surface area contributed by atoms with Gasteiger partial charge in [0.25, 0.3) is 0 Å². The van der Waals surface area contributed by atoms with Gasteiger partial charge in [-0.15, -0.1) is 0 Å². The van der Waals surface area contributed by atoms with E-state index < -0.39 is 6.10 Å². The van der Waals surface area contributed by atoms with Gasteiger partial charge in [-0.2, -0.15) is 5.10 Å². The maximum absolute atomic E-state index is 9.79. The monoisotopic (exact) mass is 276 g/mol. The molecule has 0 aliphatic rings. The number of ether oxygens (including phenoxy) is 2. The molecule has 0 radical (unpaired) electrons. The normalized spacial score (nSPS) is 12.2. The van der Waals surface area contributed by atoms with Crippen LogP contribution < -0.4 is 9.47 Å². The van der Waals surface area contributed by atoms with Crippen molar-refractivity contribution in [3.63, 3.8) is 0 Å². The molecule has 1 heterocycles. The molecule has 5 heteroatoms. The van der Waals surface area contributed by atoms with Gasteiger partial charge in [-0.1, -0.05) is 0 Å². The van der Waals surface area contributed by atoms with E-state index in [0.29, 0.717) is 18.1 Å². The molecule has 0 aliphatic heterocycles. The molecule has 5 nitrogen and oxygen atoms in total. The van der Waals surface area contributed by atoms with Gasteiger partial charge in [0, 0.05) is 18.7 Å². The third-order valence-electron chi connectivity index (χ3n) is 3.15. The lowest BCUT2D eigenvalue weighted by atomic mass is 10.1. The van der Waals surface area contributed by atoms with E-state index in [0.717, 1.165) is 17.0 Å². The molecule has 1 N–H and O–H groups in total. The molecule has 0 aliphatic carbocycles. The Morgan fingerprint density at radius 2 is 2.10 bits per heavy atom. The molecule has 2 aromatic rings. The maximum atomic E-state index is 9.79. The summed E-state index contributed by atoms with van der Waals surface area (Å²) in [7, 11) is 3.48. The maximum Gasteiger partial charge on any atom is 0.130 e. The first-order chi connectivity index (χ1) is 9.51. The van der Waals surface area contributed by atoms with Gasteiger partial charge in [-0.05, 0) is 32.0 Å². The average Bonchev–Trinajstić information content (AvgIpc) is 2.74. The standard InChI is InChI=1S/C15H20N2O3/c1-10-7-12(17(3)16-10)9-20-15-8-13(19-4)5-6-14(15)11(2)18/h5-8,11,18H,9H2,1-4H3/t11-/m1/s1. The van der Waals surface area contributed by atoms with E-state index in [1.54, 1.807) is 24.8 Å². The Kier molecular flexibility index (Phi) is 4.29. The van der Waals surface area contributed by atoms with Gasteiger partial charge in [-0.3, -0.25) is 4.68 Å². The Morgan fingerprint density at radius 1 is 1.35 bits per heavy atom. The van der Waals surface area contributed by atoms with Crippen LogP contribution in [0.2, 0.25) is 0 Å². The second kappa shape index (κ2) is 5.96. The fraction of sp³-hybridized carbons (Fsp3) is 0.400. The highest BCUT2D eigenvalue weighted by atomic mass is 16.5. The van der Waals surface area contributed by atoms with E-state index in [4.69, 9.17) is 9.47 Å². The first kappa shape index (κ1) is 14.4. The molecule has 1 aromatic carbocycles. The van der Waals surface area contributed by atoms with Gasteiger partial charge in [0.05, 0.1) is 24.6 Å². The van der Waals surface area contributed by atoms with Crippen molar-refractivity contribution in [3.8, 4) is 11.5 Å². The first-order valence-electron chi connectivity index (χ1n) is 6.49. The van der Waals surface area contributed by atoms with Crippen LogP contribution in [0.1, 0.15) is 30.0 Å². The van der Waals surface area contributed by atoms with Crippen LogP contribution in [0.15, 0.2) is 24.3 Å². The lowest BCUT2D eigenvalue weighted by Gasteiger charge is -2.14.